The average Bonchev–Trinajstić information content (AvgIpc) is 2.71. The molecule has 14 heavy (non-hydrogen) atoms. The van der Waals surface area contributed by atoms with Crippen LogP contribution in [-0.4, -0.2) is 31.9 Å². The fraction of sp³-hybridized carbons (Fsp3) is 0.250. The normalized spacial score (nSPS) is 10.1. The number of anilines is 1. The minimum Gasteiger partial charge on any atom is -0.370 e. The monoisotopic (exact) mass is 190 g/mol. The summed E-state index contributed by atoms with van der Waals surface area (Å²) < 4.78 is 0. The maximum atomic E-state index is 4.26. The molecule has 2 rings (SSSR count). The Morgan fingerprint density at radius 1 is 1.50 bits per heavy atom. The molecule has 0 aliphatic heterocycles. The van der Waals surface area contributed by atoms with E-state index in [0.717, 1.165) is 12.4 Å². The summed E-state index contributed by atoms with van der Waals surface area (Å²) in [6.07, 6.45) is 3.28. The van der Waals surface area contributed by atoms with Crippen molar-refractivity contribution in [3.8, 4) is 11.5 Å². The molecule has 2 heterocycles. The summed E-state index contributed by atoms with van der Waals surface area (Å²) in [7, 11) is 0. The van der Waals surface area contributed by atoms with Crippen molar-refractivity contribution in [2.24, 2.45) is 0 Å². The highest BCUT2D eigenvalue weighted by atomic mass is 15.3. The van der Waals surface area contributed by atoms with Gasteiger partial charge in [0.2, 0.25) is 0 Å². The van der Waals surface area contributed by atoms with Gasteiger partial charge in [0.15, 0.2) is 5.82 Å². The third kappa shape index (κ3) is 1.68. The van der Waals surface area contributed by atoms with Crippen LogP contribution in [0.1, 0.15) is 6.92 Å². The number of H-pyrrole nitrogens is 1. The molecule has 0 fully saturated rings. The highest BCUT2D eigenvalue weighted by Gasteiger charge is 2.04. The third-order valence-electron chi connectivity index (χ3n) is 1.66. The van der Waals surface area contributed by atoms with Gasteiger partial charge < -0.3 is 5.32 Å². The molecule has 72 valence electrons. The van der Waals surface area contributed by atoms with E-state index in [9.17, 15) is 0 Å². The van der Waals surface area contributed by atoms with Crippen molar-refractivity contribution in [1.29, 1.82) is 0 Å². The van der Waals surface area contributed by atoms with Crippen LogP contribution >= 0.6 is 0 Å². The lowest BCUT2D eigenvalue weighted by Gasteiger charge is -2.01. The van der Waals surface area contributed by atoms with Crippen LogP contribution in [0, 0.1) is 0 Å². The van der Waals surface area contributed by atoms with Crippen molar-refractivity contribution in [3.05, 3.63) is 18.5 Å². The van der Waals surface area contributed by atoms with Crippen molar-refractivity contribution in [1.82, 2.24) is 25.4 Å². The van der Waals surface area contributed by atoms with E-state index in [1.54, 1.807) is 12.4 Å². The molecule has 0 spiro atoms. The van der Waals surface area contributed by atoms with E-state index < -0.39 is 0 Å². The molecule has 6 heteroatoms. The lowest BCUT2D eigenvalue weighted by atomic mass is 10.4. The molecule has 0 radical (unpaired) electrons. The summed E-state index contributed by atoms with van der Waals surface area (Å²) in [5.41, 5.74) is 0.643. The van der Waals surface area contributed by atoms with E-state index in [2.05, 4.69) is 30.7 Å². The van der Waals surface area contributed by atoms with Crippen LogP contribution in [0.15, 0.2) is 18.5 Å². The summed E-state index contributed by atoms with van der Waals surface area (Å²) in [5, 5.41) is 13.2. The quantitative estimate of drug-likeness (QED) is 0.744. The number of nitrogens with one attached hydrogen (secondary N) is 2. The Morgan fingerprint density at radius 2 is 2.43 bits per heavy atom. The van der Waals surface area contributed by atoms with E-state index in [4.69, 9.17) is 0 Å². The molecule has 2 aromatic heterocycles. The van der Waals surface area contributed by atoms with Gasteiger partial charge in [0.1, 0.15) is 11.5 Å². The van der Waals surface area contributed by atoms with Gasteiger partial charge in [0, 0.05) is 12.7 Å². The molecule has 0 atom stereocenters. The standard InChI is InChI=1S/C8H10N6/c1-2-9-7-3-4-10-8(12-7)6-5-11-14-13-6/h3-5H,2H2,1H3,(H,9,10,12)(H,11,13,14). The Bertz CT molecular complexity index is 396. The zero-order chi connectivity index (χ0) is 9.80. The molecular formula is C8H10N6. The minimum absolute atomic E-state index is 0.567. The van der Waals surface area contributed by atoms with Crippen LogP contribution < -0.4 is 5.32 Å². The Kier molecular flexibility index (Phi) is 2.35. The van der Waals surface area contributed by atoms with Crippen molar-refractivity contribution in [2.75, 3.05) is 11.9 Å². The summed E-state index contributed by atoms with van der Waals surface area (Å²) in [5.74, 6) is 1.36. The van der Waals surface area contributed by atoms with E-state index in [0.29, 0.717) is 11.5 Å². The van der Waals surface area contributed by atoms with Crippen LogP contribution in [0.5, 0.6) is 0 Å². The van der Waals surface area contributed by atoms with Gasteiger partial charge in [-0.05, 0) is 13.0 Å². The molecule has 0 bridgehead atoms. The Labute approximate surface area is 80.8 Å². The molecule has 0 unspecified atom stereocenters. The molecule has 0 aliphatic carbocycles. The second-order valence-corrected chi connectivity index (χ2v) is 2.65. The lowest BCUT2D eigenvalue weighted by Crippen LogP contribution is -2.00. The van der Waals surface area contributed by atoms with Crippen molar-refractivity contribution in [2.45, 2.75) is 6.92 Å². The lowest BCUT2D eigenvalue weighted by molar-refractivity contribution is 0.938. The largest absolute Gasteiger partial charge is 0.370 e. The molecule has 0 saturated heterocycles. The Hall–Kier alpha value is -1.98. The molecule has 0 saturated carbocycles. The maximum absolute atomic E-state index is 4.26. The van der Waals surface area contributed by atoms with E-state index in [1.165, 1.54) is 0 Å². The van der Waals surface area contributed by atoms with Gasteiger partial charge in [-0.2, -0.15) is 15.4 Å². The van der Waals surface area contributed by atoms with E-state index in [-0.39, 0.29) is 0 Å². The maximum Gasteiger partial charge on any atom is 0.183 e. The fourth-order valence-electron chi connectivity index (χ4n) is 1.07. The Balaban J connectivity index is 2.31. The highest BCUT2D eigenvalue weighted by molar-refractivity contribution is 5.49. The van der Waals surface area contributed by atoms with Gasteiger partial charge in [-0.15, -0.1) is 0 Å². The molecule has 0 aliphatic rings. The number of aromatic nitrogens is 5. The predicted octanol–water partition coefficient (Wildman–Crippen LogP) is 0.693. The number of hydrogen-bond acceptors (Lipinski definition) is 5. The molecular weight excluding hydrogens is 180 g/mol. The zero-order valence-electron chi connectivity index (χ0n) is 7.73. The zero-order valence-corrected chi connectivity index (χ0v) is 7.73. The summed E-state index contributed by atoms with van der Waals surface area (Å²) in [6, 6.07) is 1.81. The van der Waals surface area contributed by atoms with Crippen LogP contribution in [-0.2, 0) is 0 Å². The fourth-order valence-corrected chi connectivity index (χ4v) is 1.07. The second-order valence-electron chi connectivity index (χ2n) is 2.65. The third-order valence-corrected chi connectivity index (χ3v) is 1.66. The minimum atomic E-state index is 0.567. The Morgan fingerprint density at radius 3 is 3.14 bits per heavy atom. The van der Waals surface area contributed by atoms with Gasteiger partial charge in [0.05, 0.1) is 6.20 Å². The van der Waals surface area contributed by atoms with E-state index >= 15 is 0 Å². The number of nitrogens with zero attached hydrogens (tertiary/aromatic N) is 4. The number of hydrogen-bond donors (Lipinski definition) is 2. The average molecular weight is 190 g/mol. The van der Waals surface area contributed by atoms with Crippen LogP contribution in [0.4, 0.5) is 5.82 Å². The summed E-state index contributed by atoms with van der Waals surface area (Å²) in [6.45, 7) is 2.84. The van der Waals surface area contributed by atoms with Gasteiger partial charge in [-0.25, -0.2) is 9.97 Å². The first-order valence-corrected chi connectivity index (χ1v) is 4.33. The first-order chi connectivity index (χ1) is 6.90. The van der Waals surface area contributed by atoms with Gasteiger partial charge in [-0.3, -0.25) is 0 Å². The van der Waals surface area contributed by atoms with E-state index in [1.807, 2.05) is 13.0 Å². The SMILES string of the molecule is CCNc1ccnc(-c2cn[nH]n2)n1. The summed E-state index contributed by atoms with van der Waals surface area (Å²) >= 11 is 0. The van der Waals surface area contributed by atoms with Gasteiger partial charge in [0.25, 0.3) is 0 Å². The van der Waals surface area contributed by atoms with Gasteiger partial charge in [-0.1, -0.05) is 0 Å². The topological polar surface area (TPSA) is 79.4 Å². The smallest absolute Gasteiger partial charge is 0.183 e. The second kappa shape index (κ2) is 3.82. The van der Waals surface area contributed by atoms with Crippen LogP contribution in [0.2, 0.25) is 0 Å². The summed E-state index contributed by atoms with van der Waals surface area (Å²) in [4.78, 5) is 8.35. The number of aromatic amines is 1. The molecule has 0 aromatic carbocycles. The van der Waals surface area contributed by atoms with Gasteiger partial charge >= 0.3 is 0 Å². The first-order valence-electron chi connectivity index (χ1n) is 4.33. The predicted molar refractivity (Wildman–Crippen MR) is 51.6 cm³/mol. The van der Waals surface area contributed by atoms with Crippen molar-refractivity contribution < 1.29 is 0 Å². The first kappa shape index (κ1) is 8.61. The number of rotatable bonds is 3. The van der Waals surface area contributed by atoms with Crippen molar-refractivity contribution >= 4 is 5.82 Å². The molecule has 6 nitrogen and oxygen atoms in total. The molecule has 0 amide bonds. The van der Waals surface area contributed by atoms with Crippen LogP contribution in [0.25, 0.3) is 11.5 Å². The highest BCUT2D eigenvalue weighted by Crippen LogP contribution is 2.11. The molecule has 2 N–H and O–H groups in total. The van der Waals surface area contributed by atoms with Crippen molar-refractivity contribution in [3.63, 3.8) is 0 Å². The van der Waals surface area contributed by atoms with Crippen LogP contribution in [0.3, 0.4) is 0 Å². The molecule has 2 aromatic rings.